The number of carbonyl (C=O) groups is 1. The lowest BCUT2D eigenvalue weighted by Crippen LogP contribution is -2.23. The highest BCUT2D eigenvalue weighted by Gasteiger charge is 2.10. The molecule has 0 aliphatic heterocycles. The molecule has 2 aromatic heterocycles. The molecule has 0 saturated carbocycles. The van der Waals surface area contributed by atoms with Crippen molar-refractivity contribution in [1.82, 2.24) is 30.6 Å². The number of aromatic nitrogens is 5. The van der Waals surface area contributed by atoms with Crippen molar-refractivity contribution in [3.63, 3.8) is 0 Å². The van der Waals surface area contributed by atoms with Crippen LogP contribution in [-0.4, -0.2) is 36.8 Å². The SMILES string of the molecule is Nc1nnnn1C/C(=N/NC(=O)c1ccncc1)c1ccccc1. The van der Waals surface area contributed by atoms with Crippen molar-refractivity contribution < 1.29 is 4.79 Å². The lowest BCUT2D eigenvalue weighted by Gasteiger charge is -2.08. The standard InChI is InChI=1S/C15H14N8O/c16-15-20-21-22-23(15)10-13(11-4-2-1-3-5-11)18-19-14(24)12-6-8-17-9-7-12/h1-9H,10H2,(H,19,24)(H2,16,20,22)/b18-13-. The molecule has 2 heterocycles. The highest BCUT2D eigenvalue weighted by Crippen LogP contribution is 2.05. The summed E-state index contributed by atoms with van der Waals surface area (Å²) in [4.78, 5) is 16.0. The quantitative estimate of drug-likeness (QED) is 0.520. The van der Waals surface area contributed by atoms with Crippen LogP contribution in [0.4, 0.5) is 5.95 Å². The minimum absolute atomic E-state index is 0.166. The van der Waals surface area contributed by atoms with Crippen LogP contribution in [0.15, 0.2) is 60.0 Å². The summed E-state index contributed by atoms with van der Waals surface area (Å²) in [6.07, 6.45) is 3.08. The van der Waals surface area contributed by atoms with E-state index in [-0.39, 0.29) is 18.4 Å². The van der Waals surface area contributed by atoms with Gasteiger partial charge in [0.1, 0.15) is 0 Å². The number of nitrogens with zero attached hydrogens (tertiary/aromatic N) is 6. The van der Waals surface area contributed by atoms with Gasteiger partial charge in [0.05, 0.1) is 12.3 Å². The van der Waals surface area contributed by atoms with Crippen LogP contribution >= 0.6 is 0 Å². The van der Waals surface area contributed by atoms with Gasteiger partial charge in [-0.25, -0.2) is 10.1 Å². The second kappa shape index (κ2) is 7.09. The maximum Gasteiger partial charge on any atom is 0.271 e. The van der Waals surface area contributed by atoms with Crippen molar-refractivity contribution in [2.24, 2.45) is 5.10 Å². The third kappa shape index (κ3) is 3.58. The number of anilines is 1. The summed E-state index contributed by atoms with van der Waals surface area (Å²) in [5.74, 6) is -0.172. The average Bonchev–Trinajstić information content (AvgIpc) is 3.04. The van der Waals surface area contributed by atoms with E-state index >= 15 is 0 Å². The summed E-state index contributed by atoms with van der Waals surface area (Å²) in [7, 11) is 0. The number of nitrogens with one attached hydrogen (secondary N) is 1. The molecule has 3 rings (SSSR count). The highest BCUT2D eigenvalue weighted by atomic mass is 16.2. The molecule has 0 unspecified atom stereocenters. The van der Waals surface area contributed by atoms with E-state index in [9.17, 15) is 4.79 Å². The molecule has 9 nitrogen and oxygen atoms in total. The van der Waals surface area contributed by atoms with Gasteiger partial charge in [0, 0.05) is 18.0 Å². The number of rotatable bonds is 5. The number of pyridine rings is 1. The molecular formula is C15H14N8O. The van der Waals surface area contributed by atoms with Gasteiger partial charge >= 0.3 is 0 Å². The summed E-state index contributed by atoms with van der Waals surface area (Å²) in [6.45, 7) is 0.222. The van der Waals surface area contributed by atoms with E-state index < -0.39 is 0 Å². The molecule has 0 atom stereocenters. The predicted octanol–water partition coefficient (Wildman–Crippen LogP) is 0.485. The Morgan fingerprint density at radius 1 is 1.12 bits per heavy atom. The number of amides is 1. The van der Waals surface area contributed by atoms with Gasteiger partial charge in [-0.2, -0.15) is 5.10 Å². The van der Waals surface area contributed by atoms with Crippen LogP contribution in [0.3, 0.4) is 0 Å². The zero-order valence-corrected chi connectivity index (χ0v) is 12.6. The lowest BCUT2D eigenvalue weighted by molar-refractivity contribution is 0.0954. The zero-order valence-electron chi connectivity index (χ0n) is 12.6. The molecular weight excluding hydrogens is 308 g/mol. The first-order valence-corrected chi connectivity index (χ1v) is 7.08. The van der Waals surface area contributed by atoms with Gasteiger partial charge < -0.3 is 5.73 Å². The Kier molecular flexibility index (Phi) is 4.52. The molecule has 120 valence electrons. The van der Waals surface area contributed by atoms with Crippen LogP contribution in [0.1, 0.15) is 15.9 Å². The molecule has 1 aromatic carbocycles. The fourth-order valence-electron chi connectivity index (χ4n) is 1.97. The number of carbonyl (C=O) groups excluding carboxylic acids is 1. The van der Waals surface area contributed by atoms with Crippen molar-refractivity contribution >= 4 is 17.6 Å². The first-order valence-electron chi connectivity index (χ1n) is 7.08. The summed E-state index contributed by atoms with van der Waals surface area (Å²) < 4.78 is 1.39. The minimum atomic E-state index is -0.337. The van der Waals surface area contributed by atoms with E-state index in [2.05, 4.69) is 31.0 Å². The van der Waals surface area contributed by atoms with Crippen molar-refractivity contribution in [2.75, 3.05) is 5.73 Å². The number of hydrazone groups is 1. The van der Waals surface area contributed by atoms with Crippen LogP contribution in [-0.2, 0) is 6.54 Å². The van der Waals surface area contributed by atoms with Crippen LogP contribution < -0.4 is 11.2 Å². The third-order valence-electron chi connectivity index (χ3n) is 3.20. The Bertz CT molecular complexity index is 844. The highest BCUT2D eigenvalue weighted by molar-refractivity contribution is 6.02. The first-order chi connectivity index (χ1) is 11.7. The van der Waals surface area contributed by atoms with E-state index in [1.54, 1.807) is 24.5 Å². The average molecular weight is 322 g/mol. The maximum atomic E-state index is 12.1. The van der Waals surface area contributed by atoms with Gasteiger partial charge in [0.2, 0.25) is 5.95 Å². The van der Waals surface area contributed by atoms with Gasteiger partial charge in [-0.05, 0) is 28.1 Å². The molecule has 0 saturated heterocycles. The molecule has 0 aliphatic rings. The second-order valence-corrected chi connectivity index (χ2v) is 4.80. The number of benzene rings is 1. The van der Waals surface area contributed by atoms with Crippen molar-refractivity contribution in [3.8, 4) is 0 Å². The first kappa shape index (κ1) is 15.3. The smallest absolute Gasteiger partial charge is 0.271 e. The van der Waals surface area contributed by atoms with Gasteiger partial charge in [-0.1, -0.05) is 35.4 Å². The van der Waals surface area contributed by atoms with E-state index in [0.29, 0.717) is 11.3 Å². The van der Waals surface area contributed by atoms with E-state index in [1.165, 1.54) is 4.68 Å². The molecule has 9 heteroatoms. The second-order valence-electron chi connectivity index (χ2n) is 4.80. The largest absolute Gasteiger partial charge is 0.367 e. The van der Waals surface area contributed by atoms with Crippen LogP contribution in [0.2, 0.25) is 0 Å². The van der Waals surface area contributed by atoms with Gasteiger partial charge in [-0.3, -0.25) is 9.78 Å². The summed E-state index contributed by atoms with van der Waals surface area (Å²) in [6, 6.07) is 12.6. The molecule has 0 radical (unpaired) electrons. The monoisotopic (exact) mass is 322 g/mol. The van der Waals surface area contributed by atoms with E-state index in [1.807, 2.05) is 30.3 Å². The molecule has 24 heavy (non-hydrogen) atoms. The number of tetrazole rings is 1. The van der Waals surface area contributed by atoms with E-state index in [0.717, 1.165) is 5.56 Å². The molecule has 3 aromatic rings. The van der Waals surface area contributed by atoms with Crippen LogP contribution in [0, 0.1) is 0 Å². The fourth-order valence-corrected chi connectivity index (χ4v) is 1.97. The van der Waals surface area contributed by atoms with Gasteiger partial charge in [-0.15, -0.1) is 0 Å². The molecule has 0 bridgehead atoms. The summed E-state index contributed by atoms with van der Waals surface area (Å²) >= 11 is 0. The molecule has 0 spiro atoms. The van der Waals surface area contributed by atoms with Gasteiger partial charge in [0.25, 0.3) is 5.91 Å². The number of nitrogens with two attached hydrogens (primary N) is 1. The Balaban J connectivity index is 1.84. The van der Waals surface area contributed by atoms with Crippen molar-refractivity contribution in [1.29, 1.82) is 0 Å². The van der Waals surface area contributed by atoms with Gasteiger partial charge in [0.15, 0.2) is 0 Å². The molecule has 0 fully saturated rings. The van der Waals surface area contributed by atoms with Crippen molar-refractivity contribution in [2.45, 2.75) is 6.54 Å². The Hall–Kier alpha value is -3.62. The molecule has 0 aliphatic carbocycles. The Morgan fingerprint density at radius 3 is 2.54 bits per heavy atom. The minimum Gasteiger partial charge on any atom is -0.367 e. The number of hydrogen-bond acceptors (Lipinski definition) is 7. The molecule has 1 amide bonds. The summed E-state index contributed by atoms with van der Waals surface area (Å²) in [5.41, 5.74) is 10.1. The number of hydrogen-bond donors (Lipinski definition) is 2. The van der Waals surface area contributed by atoms with Crippen LogP contribution in [0.25, 0.3) is 0 Å². The predicted molar refractivity (Wildman–Crippen MR) is 86.9 cm³/mol. The van der Waals surface area contributed by atoms with Crippen LogP contribution in [0.5, 0.6) is 0 Å². The normalized spacial score (nSPS) is 11.2. The topological polar surface area (TPSA) is 124 Å². The Morgan fingerprint density at radius 2 is 1.88 bits per heavy atom. The lowest BCUT2D eigenvalue weighted by atomic mass is 10.1. The third-order valence-corrected chi connectivity index (χ3v) is 3.20. The molecule has 3 N–H and O–H groups in total. The van der Waals surface area contributed by atoms with E-state index in [4.69, 9.17) is 5.73 Å². The fraction of sp³-hybridized carbons (Fsp3) is 0.0667. The Labute approximate surface area is 137 Å². The maximum absolute atomic E-state index is 12.1. The number of nitrogen functional groups attached to an aromatic ring is 1. The van der Waals surface area contributed by atoms with Crippen molar-refractivity contribution in [3.05, 3.63) is 66.0 Å². The zero-order chi connectivity index (χ0) is 16.8. The summed E-state index contributed by atoms with van der Waals surface area (Å²) in [5, 5.41) is 15.1.